The second-order valence-corrected chi connectivity index (χ2v) is 9.18. The Balaban J connectivity index is 1.86. The average Bonchev–Trinajstić information content (AvgIpc) is 2.67. The van der Waals surface area contributed by atoms with Crippen molar-refractivity contribution in [1.82, 2.24) is 10.6 Å². The van der Waals surface area contributed by atoms with Crippen LogP contribution in [0.4, 0.5) is 0 Å². The second-order valence-electron chi connectivity index (χ2n) is 6.19. The zero-order chi connectivity index (χ0) is 20.6. The second kappa shape index (κ2) is 10.4. The van der Waals surface area contributed by atoms with E-state index in [1.54, 1.807) is 37.3 Å². The van der Waals surface area contributed by atoms with Crippen LogP contribution in [0.2, 0.25) is 0 Å². The number of carbonyl (C=O) groups excluding carboxylic acids is 2. The maximum absolute atomic E-state index is 12.4. The van der Waals surface area contributed by atoms with E-state index in [1.165, 1.54) is 12.1 Å². The first-order chi connectivity index (χ1) is 13.3. The fourth-order valence-corrected chi connectivity index (χ4v) is 4.56. The van der Waals surface area contributed by atoms with Gasteiger partial charge in [-0.05, 0) is 43.2 Å². The van der Waals surface area contributed by atoms with Crippen molar-refractivity contribution in [1.29, 1.82) is 0 Å². The van der Waals surface area contributed by atoms with Gasteiger partial charge in [0.05, 0.1) is 16.2 Å². The van der Waals surface area contributed by atoms with Crippen molar-refractivity contribution in [2.75, 3.05) is 18.8 Å². The van der Waals surface area contributed by atoms with Crippen molar-refractivity contribution in [3.63, 3.8) is 0 Å². The van der Waals surface area contributed by atoms with E-state index in [2.05, 4.69) is 26.6 Å². The van der Waals surface area contributed by atoms with Crippen LogP contribution in [0, 0.1) is 0 Å². The van der Waals surface area contributed by atoms with Crippen LogP contribution in [-0.2, 0) is 9.84 Å². The average molecular weight is 467 g/mol. The fraction of sp³-hybridized carbons (Fsp3) is 0.300. The molecule has 0 aliphatic carbocycles. The molecule has 2 N–H and O–H groups in total. The number of sulfone groups is 1. The molecule has 0 heterocycles. The van der Waals surface area contributed by atoms with E-state index in [1.807, 2.05) is 6.07 Å². The summed E-state index contributed by atoms with van der Waals surface area (Å²) in [7, 11) is -3.49. The predicted molar refractivity (Wildman–Crippen MR) is 112 cm³/mol. The molecule has 28 heavy (non-hydrogen) atoms. The lowest BCUT2D eigenvalue weighted by Crippen LogP contribution is -2.30. The maximum Gasteiger partial charge on any atom is 0.252 e. The Kier molecular flexibility index (Phi) is 8.19. The van der Waals surface area contributed by atoms with E-state index in [0.717, 1.165) is 4.47 Å². The Labute approximate surface area is 173 Å². The molecule has 2 aromatic carbocycles. The van der Waals surface area contributed by atoms with Gasteiger partial charge < -0.3 is 10.6 Å². The van der Waals surface area contributed by atoms with Crippen molar-refractivity contribution >= 4 is 37.6 Å². The minimum absolute atomic E-state index is 0.00107. The van der Waals surface area contributed by atoms with Gasteiger partial charge in [0.1, 0.15) is 0 Å². The van der Waals surface area contributed by atoms with Gasteiger partial charge in [-0.15, -0.1) is 0 Å². The summed E-state index contributed by atoms with van der Waals surface area (Å²) in [5.74, 6) is -0.629. The van der Waals surface area contributed by atoms with Crippen LogP contribution >= 0.6 is 15.9 Å². The first-order valence-corrected chi connectivity index (χ1v) is 11.4. The van der Waals surface area contributed by atoms with Gasteiger partial charge in [-0.25, -0.2) is 8.42 Å². The molecule has 0 bridgehead atoms. The fourth-order valence-electron chi connectivity index (χ4n) is 2.62. The summed E-state index contributed by atoms with van der Waals surface area (Å²) in [6.45, 7) is 2.49. The highest BCUT2D eigenvalue weighted by Crippen LogP contribution is 2.17. The molecule has 150 valence electrons. The highest BCUT2D eigenvalue weighted by atomic mass is 79.9. The quantitative estimate of drug-likeness (QED) is 0.555. The van der Waals surface area contributed by atoms with Crippen molar-refractivity contribution < 1.29 is 18.0 Å². The van der Waals surface area contributed by atoms with Crippen LogP contribution in [0.25, 0.3) is 0 Å². The van der Waals surface area contributed by atoms with E-state index in [4.69, 9.17) is 0 Å². The third kappa shape index (κ3) is 6.17. The largest absolute Gasteiger partial charge is 0.352 e. The maximum atomic E-state index is 12.4. The number of rotatable bonds is 9. The Hall–Kier alpha value is -2.19. The standard InChI is InChI=1S/C20H23BrN2O4S/c1-2-13-28(26,27)18-10-4-3-9-17(18)20(25)23-12-6-11-22-19(24)15-7-5-8-16(21)14-15/h3-5,7-10,14H,2,6,11-13H2,1H3,(H,22,24)(H,23,25). The lowest BCUT2D eigenvalue weighted by molar-refractivity contribution is 0.0949. The van der Waals surface area contributed by atoms with Gasteiger partial charge in [0.25, 0.3) is 11.8 Å². The van der Waals surface area contributed by atoms with E-state index >= 15 is 0 Å². The van der Waals surface area contributed by atoms with Crippen LogP contribution in [0.5, 0.6) is 0 Å². The summed E-state index contributed by atoms with van der Waals surface area (Å²) in [6, 6.07) is 13.3. The molecular formula is C20H23BrN2O4S. The third-order valence-electron chi connectivity index (χ3n) is 3.95. The molecule has 0 radical (unpaired) electrons. The topological polar surface area (TPSA) is 92.3 Å². The number of amides is 2. The normalized spacial score (nSPS) is 11.1. The number of carbonyl (C=O) groups is 2. The molecule has 0 aliphatic rings. The number of hydrogen-bond acceptors (Lipinski definition) is 4. The smallest absolute Gasteiger partial charge is 0.252 e. The molecule has 2 amide bonds. The monoisotopic (exact) mass is 466 g/mol. The number of nitrogens with one attached hydrogen (secondary N) is 2. The highest BCUT2D eigenvalue weighted by molar-refractivity contribution is 9.10. The van der Waals surface area contributed by atoms with Crippen molar-refractivity contribution in [3.8, 4) is 0 Å². The molecule has 0 aliphatic heterocycles. The Bertz CT molecular complexity index is 945. The van der Waals surface area contributed by atoms with Crippen molar-refractivity contribution in [2.45, 2.75) is 24.7 Å². The van der Waals surface area contributed by atoms with E-state index < -0.39 is 15.7 Å². The summed E-state index contributed by atoms with van der Waals surface area (Å²) in [5.41, 5.74) is 0.697. The summed E-state index contributed by atoms with van der Waals surface area (Å²) < 4.78 is 25.5. The van der Waals surface area contributed by atoms with E-state index in [0.29, 0.717) is 31.5 Å². The van der Waals surface area contributed by atoms with Gasteiger partial charge in [0.15, 0.2) is 9.84 Å². The first kappa shape index (κ1) is 22.1. The zero-order valence-electron chi connectivity index (χ0n) is 15.6. The minimum Gasteiger partial charge on any atom is -0.352 e. The van der Waals surface area contributed by atoms with Gasteiger partial charge >= 0.3 is 0 Å². The Morgan fingerprint density at radius 1 is 0.964 bits per heavy atom. The summed E-state index contributed by atoms with van der Waals surface area (Å²) in [5, 5.41) is 5.50. The van der Waals surface area contributed by atoms with Gasteiger partial charge in [0, 0.05) is 23.1 Å². The molecule has 0 saturated carbocycles. The van der Waals surface area contributed by atoms with Crippen LogP contribution in [-0.4, -0.2) is 39.1 Å². The molecule has 0 atom stereocenters. The number of hydrogen-bond donors (Lipinski definition) is 2. The molecule has 0 saturated heterocycles. The SMILES string of the molecule is CCCS(=O)(=O)c1ccccc1C(=O)NCCCNC(=O)c1cccc(Br)c1. The number of halogens is 1. The van der Waals surface area contributed by atoms with Crippen LogP contribution in [0.15, 0.2) is 57.9 Å². The van der Waals surface area contributed by atoms with E-state index in [-0.39, 0.29) is 22.1 Å². The molecule has 0 spiro atoms. The van der Waals surface area contributed by atoms with Crippen molar-refractivity contribution in [2.24, 2.45) is 0 Å². The molecule has 2 rings (SSSR count). The molecule has 2 aromatic rings. The van der Waals surface area contributed by atoms with Gasteiger partial charge in [0.2, 0.25) is 0 Å². The van der Waals surface area contributed by atoms with Crippen molar-refractivity contribution in [3.05, 3.63) is 64.1 Å². The molecule has 0 fully saturated rings. The van der Waals surface area contributed by atoms with Crippen LogP contribution < -0.4 is 10.6 Å². The molecular weight excluding hydrogens is 444 g/mol. The number of benzene rings is 2. The van der Waals surface area contributed by atoms with Crippen LogP contribution in [0.3, 0.4) is 0 Å². The highest BCUT2D eigenvalue weighted by Gasteiger charge is 2.21. The summed E-state index contributed by atoms with van der Waals surface area (Å²) in [4.78, 5) is 24.5. The van der Waals surface area contributed by atoms with Gasteiger partial charge in [-0.1, -0.05) is 41.1 Å². The third-order valence-corrected chi connectivity index (χ3v) is 6.42. The Morgan fingerprint density at radius 2 is 1.64 bits per heavy atom. The Morgan fingerprint density at radius 3 is 2.32 bits per heavy atom. The predicted octanol–water partition coefficient (Wildman–Crippen LogP) is 3.18. The molecule has 0 aromatic heterocycles. The van der Waals surface area contributed by atoms with Gasteiger partial charge in [-0.3, -0.25) is 9.59 Å². The van der Waals surface area contributed by atoms with Gasteiger partial charge in [-0.2, -0.15) is 0 Å². The first-order valence-electron chi connectivity index (χ1n) is 8.99. The summed E-state index contributed by atoms with van der Waals surface area (Å²) >= 11 is 3.32. The summed E-state index contributed by atoms with van der Waals surface area (Å²) in [6.07, 6.45) is 1.01. The molecule has 0 unspecified atom stereocenters. The molecule has 6 nitrogen and oxygen atoms in total. The lowest BCUT2D eigenvalue weighted by atomic mass is 10.2. The van der Waals surface area contributed by atoms with E-state index in [9.17, 15) is 18.0 Å². The van der Waals surface area contributed by atoms with Crippen LogP contribution in [0.1, 0.15) is 40.5 Å². The lowest BCUT2D eigenvalue weighted by Gasteiger charge is -2.11. The zero-order valence-corrected chi connectivity index (χ0v) is 18.0. The molecule has 8 heteroatoms. The minimum atomic E-state index is -3.49.